The van der Waals surface area contributed by atoms with Gasteiger partial charge in [0.05, 0.1) is 6.20 Å². The molecule has 1 aliphatic rings. The van der Waals surface area contributed by atoms with E-state index in [1.807, 2.05) is 0 Å². The van der Waals surface area contributed by atoms with Crippen molar-refractivity contribution in [1.82, 2.24) is 21.0 Å². The van der Waals surface area contributed by atoms with E-state index >= 15 is 0 Å². The predicted octanol–water partition coefficient (Wildman–Crippen LogP) is -1.49. The second kappa shape index (κ2) is 4.37. The molecule has 14 nitrogen and oxygen atoms in total. The van der Waals surface area contributed by atoms with Gasteiger partial charge in [-0.05, 0) is 10.6 Å². The maximum Gasteiger partial charge on any atom is 0.381 e. The summed E-state index contributed by atoms with van der Waals surface area (Å²) in [6.07, 6.45) is 1.10. The number of nitrogens with zero attached hydrogens (tertiary/aromatic N) is 5. The van der Waals surface area contributed by atoms with Crippen molar-refractivity contribution in [2.75, 3.05) is 10.5 Å². The first kappa shape index (κ1) is 11.3. The van der Waals surface area contributed by atoms with Crippen LogP contribution in [0.15, 0.2) is 16.5 Å². The van der Waals surface area contributed by atoms with Crippen molar-refractivity contribution in [2.24, 2.45) is 0 Å². The van der Waals surface area contributed by atoms with Gasteiger partial charge in [0.15, 0.2) is 10.1 Å². The normalized spacial score (nSPS) is 13.8. The molecule has 1 aromatic rings. The van der Waals surface area contributed by atoms with Crippen molar-refractivity contribution < 1.29 is 19.5 Å². The molecule has 0 fully saturated rings. The summed E-state index contributed by atoms with van der Waals surface area (Å²) in [5, 5.41) is 22.7. The Bertz CT molecular complexity index is 509. The SMILES string of the molecule is O=[N+]([O-])NC1=CN(c2noc(N[N+](=O)[O-])n2)ON1. The van der Waals surface area contributed by atoms with E-state index in [-0.39, 0.29) is 11.8 Å². The smallest absolute Gasteiger partial charge is 0.308 e. The number of rotatable bonds is 5. The van der Waals surface area contributed by atoms with Gasteiger partial charge in [-0.2, -0.15) is 5.06 Å². The number of hydrazine groups is 2. The molecule has 0 unspecified atom stereocenters. The van der Waals surface area contributed by atoms with Crippen molar-refractivity contribution >= 4 is 12.0 Å². The van der Waals surface area contributed by atoms with Crippen molar-refractivity contribution in [3.05, 3.63) is 32.2 Å². The Morgan fingerprint density at radius 2 is 2.06 bits per heavy atom. The van der Waals surface area contributed by atoms with Crippen LogP contribution in [0.25, 0.3) is 0 Å². The standard InChI is InChI=1S/C4H4N8O6/c13-11(14)6-2-1-10(18-8-2)3-5-4(17-9-3)7-12(15)16/h1,6,8H,(H,5,7,9). The van der Waals surface area contributed by atoms with Crippen molar-refractivity contribution in [2.45, 2.75) is 0 Å². The fourth-order valence-corrected chi connectivity index (χ4v) is 0.946. The summed E-state index contributed by atoms with van der Waals surface area (Å²) >= 11 is 0. The van der Waals surface area contributed by atoms with Crippen LogP contribution in [-0.4, -0.2) is 20.2 Å². The van der Waals surface area contributed by atoms with Crippen LogP contribution in [0, 0.1) is 20.2 Å². The van der Waals surface area contributed by atoms with Gasteiger partial charge >= 0.3 is 6.01 Å². The molecule has 1 aliphatic heterocycles. The van der Waals surface area contributed by atoms with E-state index in [1.54, 1.807) is 10.9 Å². The van der Waals surface area contributed by atoms with Crippen LogP contribution in [0.1, 0.15) is 0 Å². The van der Waals surface area contributed by atoms with E-state index in [1.165, 1.54) is 0 Å². The molecule has 0 amide bonds. The highest BCUT2D eigenvalue weighted by atomic mass is 16.8. The highest BCUT2D eigenvalue weighted by molar-refractivity contribution is 5.35. The lowest BCUT2D eigenvalue weighted by Gasteiger charge is -2.04. The number of nitro groups is 2. The fraction of sp³-hybridized carbons (Fsp3) is 0. The number of aromatic nitrogens is 2. The molecule has 0 aromatic carbocycles. The second-order valence-electron chi connectivity index (χ2n) is 2.70. The van der Waals surface area contributed by atoms with Gasteiger partial charge in [0, 0.05) is 0 Å². The molecule has 0 aliphatic carbocycles. The van der Waals surface area contributed by atoms with Gasteiger partial charge < -0.3 is 4.52 Å². The molecule has 2 rings (SSSR count). The summed E-state index contributed by atoms with van der Waals surface area (Å²) in [5.41, 5.74) is 5.55. The van der Waals surface area contributed by atoms with Crippen LogP contribution in [0.2, 0.25) is 0 Å². The third kappa shape index (κ3) is 2.50. The van der Waals surface area contributed by atoms with Crippen molar-refractivity contribution in [1.29, 1.82) is 0 Å². The lowest BCUT2D eigenvalue weighted by molar-refractivity contribution is -0.537. The minimum atomic E-state index is -0.893. The van der Waals surface area contributed by atoms with Crippen molar-refractivity contribution in [3.8, 4) is 0 Å². The first-order valence-corrected chi connectivity index (χ1v) is 4.14. The monoisotopic (exact) mass is 260 g/mol. The molecule has 3 N–H and O–H groups in total. The molecule has 0 radical (unpaired) electrons. The Morgan fingerprint density at radius 3 is 2.72 bits per heavy atom. The zero-order chi connectivity index (χ0) is 13.1. The Morgan fingerprint density at radius 1 is 1.33 bits per heavy atom. The average Bonchev–Trinajstić information content (AvgIpc) is 2.85. The maximum absolute atomic E-state index is 10.1. The lowest BCUT2D eigenvalue weighted by Crippen LogP contribution is -2.27. The zero-order valence-electron chi connectivity index (χ0n) is 8.26. The van der Waals surface area contributed by atoms with Crippen LogP contribution < -0.4 is 21.4 Å². The lowest BCUT2D eigenvalue weighted by atomic mass is 10.7. The predicted molar refractivity (Wildman–Crippen MR) is 49.8 cm³/mol. The number of nitrogens with one attached hydrogen (secondary N) is 3. The Labute approximate surface area is 96.3 Å². The summed E-state index contributed by atoms with van der Waals surface area (Å²) in [6, 6.07) is -0.470. The van der Waals surface area contributed by atoms with Crippen molar-refractivity contribution in [3.63, 3.8) is 0 Å². The summed E-state index contributed by atoms with van der Waals surface area (Å²) in [6.45, 7) is 0. The molecule has 2 heterocycles. The van der Waals surface area contributed by atoms with Crippen LogP contribution in [0.3, 0.4) is 0 Å². The van der Waals surface area contributed by atoms with Gasteiger partial charge in [-0.1, -0.05) is 5.43 Å². The summed E-state index contributed by atoms with van der Waals surface area (Å²) in [7, 11) is 0. The van der Waals surface area contributed by atoms with Crippen LogP contribution in [0.4, 0.5) is 12.0 Å². The molecule has 0 atom stereocenters. The van der Waals surface area contributed by atoms with Gasteiger partial charge in [0.2, 0.25) is 5.82 Å². The largest absolute Gasteiger partial charge is 0.381 e. The number of hydrogen-bond acceptors (Lipinski definition) is 10. The van der Waals surface area contributed by atoms with Gasteiger partial charge in [0.1, 0.15) is 0 Å². The Hall–Kier alpha value is -3.16. The zero-order valence-corrected chi connectivity index (χ0v) is 8.26. The first-order valence-electron chi connectivity index (χ1n) is 4.14. The van der Waals surface area contributed by atoms with E-state index in [0.717, 1.165) is 11.3 Å². The molecular formula is C4H4N8O6. The van der Waals surface area contributed by atoms with E-state index in [0.29, 0.717) is 0 Å². The maximum atomic E-state index is 10.1. The third-order valence-electron chi connectivity index (χ3n) is 1.51. The minimum absolute atomic E-state index is 0.0893. The summed E-state index contributed by atoms with van der Waals surface area (Å²) < 4.78 is 4.46. The van der Waals surface area contributed by atoms with Gasteiger partial charge in [-0.25, -0.2) is 25.7 Å². The first-order chi connectivity index (χ1) is 8.54. The van der Waals surface area contributed by atoms with Gasteiger partial charge in [-0.15, -0.1) is 9.92 Å². The topological polar surface area (TPSA) is 174 Å². The molecule has 0 saturated carbocycles. The number of anilines is 2. The third-order valence-corrected chi connectivity index (χ3v) is 1.51. The molecule has 0 saturated heterocycles. The quantitative estimate of drug-likeness (QED) is 0.413. The second-order valence-corrected chi connectivity index (χ2v) is 2.70. The average molecular weight is 260 g/mol. The Kier molecular flexibility index (Phi) is 2.75. The Balaban J connectivity index is 2.04. The summed E-state index contributed by atoms with van der Waals surface area (Å²) in [5.74, 6) is -0.291. The fourth-order valence-electron chi connectivity index (χ4n) is 0.946. The van der Waals surface area contributed by atoms with E-state index in [2.05, 4.69) is 20.1 Å². The molecule has 0 bridgehead atoms. The van der Waals surface area contributed by atoms with E-state index in [4.69, 9.17) is 4.94 Å². The van der Waals surface area contributed by atoms with Crippen LogP contribution >= 0.6 is 0 Å². The molecule has 0 spiro atoms. The molecular weight excluding hydrogens is 256 g/mol. The molecule has 96 valence electrons. The van der Waals surface area contributed by atoms with Gasteiger partial charge in [-0.3, -0.25) is 0 Å². The van der Waals surface area contributed by atoms with Crippen LogP contribution in [-0.2, 0) is 4.94 Å². The van der Waals surface area contributed by atoms with E-state index in [9.17, 15) is 20.2 Å². The minimum Gasteiger partial charge on any atom is -0.308 e. The number of hydroxylamine groups is 2. The highest BCUT2D eigenvalue weighted by Gasteiger charge is 2.23. The van der Waals surface area contributed by atoms with Gasteiger partial charge in [0.25, 0.3) is 5.95 Å². The molecule has 14 heteroatoms. The molecule has 1 aromatic heterocycles. The molecule has 18 heavy (non-hydrogen) atoms. The van der Waals surface area contributed by atoms with E-state index < -0.39 is 16.1 Å². The highest BCUT2D eigenvalue weighted by Crippen LogP contribution is 2.16. The summed E-state index contributed by atoms with van der Waals surface area (Å²) in [4.78, 5) is 28.5. The number of hydrogen-bond donors (Lipinski definition) is 3. The van der Waals surface area contributed by atoms with Crippen LogP contribution in [0.5, 0.6) is 0 Å².